The van der Waals surface area contributed by atoms with Gasteiger partial charge in [-0.2, -0.15) is 13.2 Å². The van der Waals surface area contributed by atoms with E-state index < -0.39 is 12.8 Å². The van der Waals surface area contributed by atoms with Crippen LogP contribution in [-0.2, 0) is 11.2 Å². The van der Waals surface area contributed by atoms with Crippen LogP contribution in [0.5, 0.6) is 11.5 Å². The van der Waals surface area contributed by atoms with E-state index >= 15 is 0 Å². The smallest absolute Gasteiger partial charge is 0.422 e. The minimum atomic E-state index is -4.37. The first kappa shape index (κ1) is 20.3. The molecule has 1 fully saturated rings. The number of alkyl halides is 3. The minimum Gasteiger partial charge on any atom is -0.493 e. The fourth-order valence-corrected chi connectivity index (χ4v) is 4.04. The van der Waals surface area contributed by atoms with Crippen molar-refractivity contribution < 1.29 is 27.4 Å². The Bertz CT molecular complexity index is 670. The number of hydrogen-bond acceptors (Lipinski definition) is 4. The van der Waals surface area contributed by atoms with Crippen molar-refractivity contribution in [3.63, 3.8) is 0 Å². The zero-order valence-corrected chi connectivity index (χ0v) is 16.4. The molecule has 4 nitrogen and oxygen atoms in total. The second-order valence-corrected chi connectivity index (χ2v) is 8.30. The number of rotatable bonds is 4. The SMILES string of the molecule is COc1cc2c(cc1OCC(F)(F)F)CCN1CC(OC(C)(C)C)CCC21. The average molecular weight is 387 g/mol. The normalized spacial score (nSPS) is 23.5. The van der Waals surface area contributed by atoms with Gasteiger partial charge in [-0.25, -0.2) is 0 Å². The number of hydrogen-bond donors (Lipinski definition) is 0. The van der Waals surface area contributed by atoms with Gasteiger partial charge in [0, 0.05) is 19.1 Å². The van der Waals surface area contributed by atoms with Crippen LogP contribution in [0, 0.1) is 0 Å². The first-order valence-electron chi connectivity index (χ1n) is 9.38. The summed E-state index contributed by atoms with van der Waals surface area (Å²) in [4.78, 5) is 2.41. The van der Waals surface area contributed by atoms with Crippen LogP contribution >= 0.6 is 0 Å². The number of benzene rings is 1. The van der Waals surface area contributed by atoms with Crippen molar-refractivity contribution in [1.82, 2.24) is 4.90 Å². The fourth-order valence-electron chi connectivity index (χ4n) is 4.04. The Morgan fingerprint density at radius 3 is 2.48 bits per heavy atom. The average Bonchev–Trinajstić information content (AvgIpc) is 2.56. The Hall–Kier alpha value is -1.47. The van der Waals surface area contributed by atoms with Crippen molar-refractivity contribution in [2.45, 2.75) is 64.0 Å². The molecule has 0 aromatic heterocycles. The summed E-state index contributed by atoms with van der Waals surface area (Å²) in [5, 5.41) is 0. The Kier molecular flexibility index (Phi) is 5.64. The number of methoxy groups -OCH3 is 1. The highest BCUT2D eigenvalue weighted by molar-refractivity contribution is 5.49. The van der Waals surface area contributed by atoms with Gasteiger partial charge >= 0.3 is 6.18 Å². The Balaban J connectivity index is 1.77. The van der Waals surface area contributed by atoms with Crippen molar-refractivity contribution in [1.29, 1.82) is 0 Å². The molecule has 0 radical (unpaired) electrons. The van der Waals surface area contributed by atoms with Gasteiger partial charge in [0.2, 0.25) is 0 Å². The predicted octanol–water partition coefficient (Wildman–Crippen LogP) is 4.51. The van der Waals surface area contributed by atoms with Gasteiger partial charge in [0.15, 0.2) is 18.1 Å². The summed E-state index contributed by atoms with van der Waals surface area (Å²) >= 11 is 0. The molecule has 1 aromatic carbocycles. The molecule has 2 aliphatic heterocycles. The number of fused-ring (bicyclic) bond motifs is 3. The predicted molar refractivity (Wildman–Crippen MR) is 96.4 cm³/mol. The highest BCUT2D eigenvalue weighted by Crippen LogP contribution is 2.42. The molecule has 1 saturated heterocycles. The lowest BCUT2D eigenvalue weighted by atomic mass is 9.85. The summed E-state index contributed by atoms with van der Waals surface area (Å²) in [6.45, 7) is 6.63. The number of ether oxygens (including phenoxy) is 3. The molecule has 0 bridgehead atoms. The van der Waals surface area contributed by atoms with Crippen LogP contribution < -0.4 is 9.47 Å². The van der Waals surface area contributed by atoms with E-state index in [0.717, 1.165) is 43.5 Å². The molecule has 0 saturated carbocycles. The van der Waals surface area contributed by atoms with Crippen LogP contribution in [0.3, 0.4) is 0 Å². The van der Waals surface area contributed by atoms with E-state index in [1.165, 1.54) is 7.11 Å². The van der Waals surface area contributed by atoms with Crippen LogP contribution in [-0.4, -0.2) is 49.6 Å². The van der Waals surface area contributed by atoms with Crippen molar-refractivity contribution in [2.75, 3.05) is 26.8 Å². The van der Waals surface area contributed by atoms with E-state index in [-0.39, 0.29) is 23.5 Å². The van der Waals surface area contributed by atoms with Gasteiger partial charge in [-0.1, -0.05) is 0 Å². The zero-order chi connectivity index (χ0) is 19.8. The van der Waals surface area contributed by atoms with Crippen molar-refractivity contribution in [3.8, 4) is 11.5 Å². The van der Waals surface area contributed by atoms with Crippen LogP contribution in [0.1, 0.15) is 50.8 Å². The molecule has 0 amide bonds. The van der Waals surface area contributed by atoms with E-state index in [2.05, 4.69) is 25.7 Å². The summed E-state index contributed by atoms with van der Waals surface area (Å²) in [5.74, 6) is 0.514. The van der Waals surface area contributed by atoms with Gasteiger partial charge in [0.05, 0.1) is 18.8 Å². The van der Waals surface area contributed by atoms with Gasteiger partial charge in [0.25, 0.3) is 0 Å². The molecule has 2 aliphatic rings. The number of piperidine rings is 1. The maximum Gasteiger partial charge on any atom is 0.422 e. The molecule has 2 atom stereocenters. The molecule has 7 heteroatoms. The van der Waals surface area contributed by atoms with E-state index in [0.29, 0.717) is 5.75 Å². The minimum absolute atomic E-state index is 0.159. The quantitative estimate of drug-likeness (QED) is 0.761. The molecule has 0 aliphatic carbocycles. The highest BCUT2D eigenvalue weighted by atomic mass is 19.4. The lowest BCUT2D eigenvalue weighted by molar-refractivity contribution is -0.153. The monoisotopic (exact) mass is 387 g/mol. The highest BCUT2D eigenvalue weighted by Gasteiger charge is 2.36. The fraction of sp³-hybridized carbons (Fsp3) is 0.700. The molecular weight excluding hydrogens is 359 g/mol. The number of halogens is 3. The van der Waals surface area contributed by atoms with Gasteiger partial charge in [-0.15, -0.1) is 0 Å². The van der Waals surface area contributed by atoms with E-state index in [4.69, 9.17) is 14.2 Å². The molecule has 27 heavy (non-hydrogen) atoms. The molecule has 2 heterocycles. The molecule has 152 valence electrons. The summed E-state index contributed by atoms with van der Waals surface area (Å²) in [7, 11) is 1.46. The van der Waals surface area contributed by atoms with Crippen molar-refractivity contribution in [3.05, 3.63) is 23.3 Å². The van der Waals surface area contributed by atoms with E-state index in [1.54, 1.807) is 6.07 Å². The van der Waals surface area contributed by atoms with Crippen molar-refractivity contribution in [2.24, 2.45) is 0 Å². The third-order valence-electron chi connectivity index (χ3n) is 5.01. The number of nitrogens with zero attached hydrogens (tertiary/aromatic N) is 1. The standard InChI is InChI=1S/C20H28F3NO3/c1-19(2,3)27-14-5-6-16-15-10-17(25-4)18(26-12-20(21,22)23)9-13(15)7-8-24(16)11-14/h9-10,14,16H,5-8,11-12H2,1-4H3. The Labute approximate surface area is 158 Å². The molecule has 0 spiro atoms. The molecule has 3 rings (SSSR count). The zero-order valence-electron chi connectivity index (χ0n) is 16.4. The maximum atomic E-state index is 12.5. The molecular formula is C20H28F3NO3. The Morgan fingerprint density at radius 1 is 1.11 bits per heavy atom. The van der Waals surface area contributed by atoms with E-state index in [9.17, 15) is 13.2 Å². The topological polar surface area (TPSA) is 30.9 Å². The second-order valence-electron chi connectivity index (χ2n) is 8.30. The van der Waals surface area contributed by atoms with Gasteiger partial charge in [0.1, 0.15) is 0 Å². The largest absolute Gasteiger partial charge is 0.493 e. The van der Waals surface area contributed by atoms with Gasteiger partial charge in [-0.3, -0.25) is 4.90 Å². The lowest BCUT2D eigenvalue weighted by Crippen LogP contribution is -2.47. The third-order valence-corrected chi connectivity index (χ3v) is 5.01. The van der Waals surface area contributed by atoms with E-state index in [1.807, 2.05) is 6.07 Å². The van der Waals surface area contributed by atoms with Crippen LogP contribution in [0.4, 0.5) is 13.2 Å². The van der Waals surface area contributed by atoms with Crippen LogP contribution in [0.15, 0.2) is 12.1 Å². The van der Waals surface area contributed by atoms with Crippen LogP contribution in [0.2, 0.25) is 0 Å². The third kappa shape index (κ3) is 5.08. The summed E-state index contributed by atoms with van der Waals surface area (Å²) in [6.07, 6.45) is -1.46. The van der Waals surface area contributed by atoms with Crippen molar-refractivity contribution >= 4 is 0 Å². The van der Waals surface area contributed by atoms with Gasteiger partial charge < -0.3 is 14.2 Å². The first-order chi connectivity index (χ1) is 12.6. The van der Waals surface area contributed by atoms with Gasteiger partial charge in [-0.05, 0) is 63.3 Å². The maximum absolute atomic E-state index is 12.5. The molecule has 1 aromatic rings. The Morgan fingerprint density at radius 2 is 1.85 bits per heavy atom. The van der Waals surface area contributed by atoms with Crippen LogP contribution in [0.25, 0.3) is 0 Å². The summed E-state index contributed by atoms with van der Waals surface area (Å²) in [5.41, 5.74) is 2.01. The molecule has 2 unspecified atom stereocenters. The summed E-state index contributed by atoms with van der Waals surface area (Å²) < 4.78 is 54.0. The lowest BCUT2D eigenvalue weighted by Gasteiger charge is -2.44. The second kappa shape index (κ2) is 7.51. The first-order valence-corrected chi connectivity index (χ1v) is 9.38. The summed E-state index contributed by atoms with van der Waals surface area (Å²) in [6, 6.07) is 3.82. The molecule has 0 N–H and O–H groups in total.